The highest BCUT2D eigenvalue weighted by atomic mass is 32.2. The van der Waals surface area contributed by atoms with E-state index < -0.39 is 5.91 Å². The van der Waals surface area contributed by atoms with E-state index in [1.165, 1.54) is 18.0 Å². The van der Waals surface area contributed by atoms with Crippen molar-refractivity contribution in [2.45, 2.75) is 4.90 Å². The van der Waals surface area contributed by atoms with Gasteiger partial charge in [-0.25, -0.2) is 5.48 Å². The van der Waals surface area contributed by atoms with E-state index in [4.69, 9.17) is 5.21 Å². The lowest BCUT2D eigenvalue weighted by Crippen LogP contribution is -2.17. The fraction of sp³-hybridized carbons (Fsp3) is 0.0625. The minimum absolute atomic E-state index is 0.555. The Morgan fingerprint density at radius 3 is 2.68 bits per heavy atom. The van der Waals surface area contributed by atoms with Crippen molar-refractivity contribution in [1.29, 1.82) is 0 Å². The second-order valence-corrected chi connectivity index (χ2v) is 5.65. The molecule has 114 valence electrons. The van der Waals surface area contributed by atoms with E-state index in [-0.39, 0.29) is 0 Å². The first kappa shape index (κ1) is 16.1. The zero-order valence-corrected chi connectivity index (χ0v) is 12.9. The molecule has 0 aliphatic heterocycles. The largest absolute Gasteiger partial charge is 0.309 e. The molecule has 0 heterocycles. The summed E-state index contributed by atoms with van der Waals surface area (Å²) >= 11 is 1.53. The molecule has 0 aliphatic rings. The number of hydrogen-bond donors (Lipinski definition) is 3. The Labute approximate surface area is 133 Å². The van der Waals surface area contributed by atoms with Gasteiger partial charge < -0.3 is 5.43 Å². The van der Waals surface area contributed by atoms with Crippen LogP contribution in [0.2, 0.25) is 0 Å². The van der Waals surface area contributed by atoms with Gasteiger partial charge in [0.15, 0.2) is 0 Å². The first-order chi connectivity index (χ1) is 10.7. The zero-order valence-electron chi connectivity index (χ0n) is 12.1. The highest BCUT2D eigenvalue weighted by Gasteiger charge is 2.02. The van der Waals surface area contributed by atoms with Gasteiger partial charge in [-0.2, -0.15) is 4.41 Å². The van der Waals surface area contributed by atoms with Gasteiger partial charge in [0.1, 0.15) is 0 Å². The van der Waals surface area contributed by atoms with Gasteiger partial charge in [0, 0.05) is 23.7 Å². The number of nitrogens with zero attached hydrogens (tertiary/aromatic N) is 1. The van der Waals surface area contributed by atoms with E-state index in [0.717, 1.165) is 16.1 Å². The van der Waals surface area contributed by atoms with Crippen molar-refractivity contribution in [3.8, 4) is 0 Å². The number of hydrazine groups is 1. The third-order valence-corrected chi connectivity index (χ3v) is 3.53. The number of carbonyl (C=O) groups excluding carboxylic acids is 1. The third kappa shape index (κ3) is 5.25. The number of rotatable bonds is 6. The van der Waals surface area contributed by atoms with E-state index in [1.807, 2.05) is 66.1 Å². The Kier molecular flexibility index (Phi) is 6.02. The molecule has 5 nitrogen and oxygen atoms in total. The molecule has 0 bridgehead atoms. The molecule has 0 spiro atoms. The van der Waals surface area contributed by atoms with E-state index in [1.54, 1.807) is 11.6 Å². The monoisotopic (exact) mass is 315 g/mol. The second kappa shape index (κ2) is 8.23. The van der Waals surface area contributed by atoms with Gasteiger partial charge in [-0.15, -0.1) is 0 Å². The molecule has 0 atom stereocenters. The molecular weight excluding hydrogens is 298 g/mol. The highest BCUT2D eigenvalue weighted by molar-refractivity contribution is 7.97. The Hall–Kier alpha value is -2.28. The predicted molar refractivity (Wildman–Crippen MR) is 89.1 cm³/mol. The Bertz CT molecular complexity index is 647. The number of benzene rings is 2. The molecule has 22 heavy (non-hydrogen) atoms. The summed E-state index contributed by atoms with van der Waals surface area (Å²) in [7, 11) is 1.93. The maximum Gasteiger partial charge on any atom is 0.267 e. The minimum atomic E-state index is -0.555. The quantitative estimate of drug-likeness (QED) is 0.331. The van der Waals surface area contributed by atoms with E-state index >= 15 is 0 Å². The van der Waals surface area contributed by atoms with Crippen LogP contribution in [0, 0.1) is 0 Å². The van der Waals surface area contributed by atoms with Crippen LogP contribution in [-0.4, -0.2) is 22.6 Å². The summed E-state index contributed by atoms with van der Waals surface area (Å²) in [5, 5.41) is 8.46. The number of anilines is 1. The van der Waals surface area contributed by atoms with Gasteiger partial charge in [-0.3, -0.25) is 10.0 Å². The molecule has 6 heteroatoms. The second-order valence-electron chi connectivity index (χ2n) is 4.45. The predicted octanol–water partition coefficient (Wildman–Crippen LogP) is 3.17. The Balaban J connectivity index is 1.98. The Morgan fingerprint density at radius 1 is 1.18 bits per heavy atom. The molecule has 0 radical (unpaired) electrons. The summed E-state index contributed by atoms with van der Waals surface area (Å²) in [6.45, 7) is 0. The van der Waals surface area contributed by atoms with Crippen molar-refractivity contribution in [3.05, 3.63) is 66.2 Å². The molecule has 0 saturated heterocycles. The van der Waals surface area contributed by atoms with Gasteiger partial charge in [-0.1, -0.05) is 30.3 Å². The molecule has 1 amide bonds. The van der Waals surface area contributed by atoms with Crippen LogP contribution in [0.5, 0.6) is 0 Å². The summed E-state index contributed by atoms with van der Waals surface area (Å²) in [6, 6.07) is 17.6. The normalized spacial score (nSPS) is 10.9. The van der Waals surface area contributed by atoms with Gasteiger partial charge in [0.25, 0.3) is 5.91 Å². The number of carbonyl (C=O) groups is 1. The number of para-hydroxylation sites is 1. The van der Waals surface area contributed by atoms with Crippen LogP contribution in [0.3, 0.4) is 0 Å². The Morgan fingerprint density at radius 2 is 1.95 bits per heavy atom. The first-order valence-corrected chi connectivity index (χ1v) is 7.40. The molecule has 2 aromatic rings. The lowest BCUT2D eigenvalue weighted by atomic mass is 10.2. The topological polar surface area (TPSA) is 64.6 Å². The van der Waals surface area contributed by atoms with Gasteiger partial charge in [-0.05, 0) is 47.9 Å². The molecule has 0 unspecified atom stereocenters. The van der Waals surface area contributed by atoms with Crippen LogP contribution in [0.4, 0.5) is 5.69 Å². The first-order valence-electron chi connectivity index (χ1n) is 6.63. The maximum absolute atomic E-state index is 11.0. The van der Waals surface area contributed by atoms with Gasteiger partial charge in [0.05, 0.1) is 0 Å². The number of amides is 1. The lowest BCUT2D eigenvalue weighted by Gasteiger charge is -2.18. The molecule has 2 rings (SSSR count). The average molecular weight is 315 g/mol. The van der Waals surface area contributed by atoms with Crippen LogP contribution in [-0.2, 0) is 4.79 Å². The van der Waals surface area contributed by atoms with Crippen LogP contribution < -0.4 is 10.9 Å². The van der Waals surface area contributed by atoms with Crippen molar-refractivity contribution in [1.82, 2.24) is 9.89 Å². The highest BCUT2D eigenvalue weighted by Crippen LogP contribution is 2.23. The zero-order chi connectivity index (χ0) is 15.8. The van der Waals surface area contributed by atoms with Crippen molar-refractivity contribution in [2.75, 3.05) is 12.5 Å². The molecule has 0 aliphatic carbocycles. The van der Waals surface area contributed by atoms with Crippen LogP contribution >= 0.6 is 11.9 Å². The maximum atomic E-state index is 11.0. The van der Waals surface area contributed by atoms with Crippen molar-refractivity contribution >= 4 is 29.6 Å². The van der Waals surface area contributed by atoms with Gasteiger partial charge in [0.2, 0.25) is 0 Å². The molecule has 0 fully saturated rings. The van der Waals surface area contributed by atoms with Crippen molar-refractivity contribution in [2.24, 2.45) is 0 Å². The molecule has 0 aromatic heterocycles. The summed E-state index contributed by atoms with van der Waals surface area (Å²) in [4.78, 5) is 12.0. The standard InChI is InChI=1S/C16H17N3O2S/c1-19(17-14-7-3-2-4-8-14)22-15-9-5-6-13(12-15)10-11-16(20)18-21/h2-12,17,21H,1H3,(H,18,20)/b11-10+. The molecule has 0 saturated carbocycles. The van der Waals surface area contributed by atoms with Crippen molar-refractivity contribution < 1.29 is 10.0 Å². The smallest absolute Gasteiger partial charge is 0.267 e. The van der Waals surface area contributed by atoms with Crippen LogP contribution in [0.15, 0.2) is 65.6 Å². The summed E-state index contributed by atoms with van der Waals surface area (Å²) in [5.74, 6) is -0.555. The summed E-state index contributed by atoms with van der Waals surface area (Å²) in [6.07, 6.45) is 2.91. The summed E-state index contributed by atoms with van der Waals surface area (Å²) < 4.78 is 1.90. The fourth-order valence-electron chi connectivity index (χ4n) is 1.76. The average Bonchev–Trinajstić information content (AvgIpc) is 2.53. The molecular formula is C16H17N3O2S. The lowest BCUT2D eigenvalue weighted by molar-refractivity contribution is -0.124. The van der Waals surface area contributed by atoms with E-state index in [0.29, 0.717) is 0 Å². The fourth-order valence-corrected chi connectivity index (χ4v) is 2.56. The van der Waals surface area contributed by atoms with E-state index in [9.17, 15) is 4.79 Å². The third-order valence-electron chi connectivity index (χ3n) is 2.70. The summed E-state index contributed by atoms with van der Waals surface area (Å²) in [5.41, 5.74) is 6.69. The number of hydroxylamine groups is 1. The molecule has 2 aromatic carbocycles. The van der Waals surface area contributed by atoms with E-state index in [2.05, 4.69) is 5.43 Å². The molecule has 3 N–H and O–H groups in total. The SMILES string of the molecule is CN(Nc1ccccc1)Sc1cccc(/C=C/C(=O)NO)c1. The minimum Gasteiger partial charge on any atom is -0.309 e. The van der Waals surface area contributed by atoms with Crippen LogP contribution in [0.25, 0.3) is 6.08 Å². The number of hydrogen-bond acceptors (Lipinski definition) is 5. The van der Waals surface area contributed by atoms with Gasteiger partial charge >= 0.3 is 0 Å². The van der Waals surface area contributed by atoms with Crippen molar-refractivity contribution in [3.63, 3.8) is 0 Å². The van der Waals surface area contributed by atoms with Crippen LogP contribution in [0.1, 0.15) is 5.56 Å². The number of nitrogens with one attached hydrogen (secondary N) is 2.